The molecular weight excluding hydrogens is 287 g/mol. The summed E-state index contributed by atoms with van der Waals surface area (Å²) in [7, 11) is 1.33. The molecule has 2 rings (SSSR count). The highest BCUT2D eigenvalue weighted by Gasteiger charge is 2.36. The van der Waals surface area contributed by atoms with Crippen LogP contribution >= 0.6 is 0 Å². The largest absolute Gasteiger partial charge is 0.469 e. The lowest BCUT2D eigenvalue weighted by Crippen LogP contribution is -2.51. The highest BCUT2D eigenvalue weighted by Crippen LogP contribution is 2.32. The molecule has 0 heterocycles. The topological polar surface area (TPSA) is 81.4 Å². The fraction of sp³-hybridized carbons (Fsp3) is 0.500. The molecule has 0 atom stereocenters. The highest BCUT2D eigenvalue weighted by atomic mass is 19.1. The van der Waals surface area contributed by atoms with E-state index in [9.17, 15) is 14.0 Å². The number of carbonyl (C=O) groups is 2. The molecule has 0 saturated heterocycles. The van der Waals surface area contributed by atoms with Crippen LogP contribution in [-0.2, 0) is 9.53 Å². The first kappa shape index (κ1) is 16.3. The summed E-state index contributed by atoms with van der Waals surface area (Å²) in [5.41, 5.74) is 5.40. The minimum atomic E-state index is -0.608. The number of anilines is 1. The number of nitrogens with one attached hydrogen (secondary N) is 1. The van der Waals surface area contributed by atoms with Gasteiger partial charge in [0, 0.05) is 5.69 Å². The van der Waals surface area contributed by atoms with Gasteiger partial charge >= 0.3 is 5.97 Å². The number of hydrogen-bond donors (Lipinski definition) is 2. The Labute approximate surface area is 129 Å². The summed E-state index contributed by atoms with van der Waals surface area (Å²) in [5.74, 6) is -1.23. The van der Waals surface area contributed by atoms with Crippen molar-refractivity contribution in [2.45, 2.75) is 44.1 Å². The Balaban J connectivity index is 2.18. The van der Waals surface area contributed by atoms with Crippen LogP contribution in [0.1, 0.15) is 48.9 Å². The van der Waals surface area contributed by atoms with Crippen LogP contribution in [0.25, 0.3) is 0 Å². The molecule has 0 aromatic heterocycles. The van der Waals surface area contributed by atoms with Crippen molar-refractivity contribution in [2.24, 2.45) is 0 Å². The normalized spacial score (nSPS) is 16.8. The second-order valence-electron chi connectivity index (χ2n) is 5.78. The molecule has 0 bridgehead atoms. The van der Waals surface area contributed by atoms with E-state index in [2.05, 4.69) is 5.32 Å². The molecule has 0 aliphatic heterocycles. The SMILES string of the molecule is COC(=O)CC1(NC(=O)c2ccc(F)cc2N)CCCCC1. The van der Waals surface area contributed by atoms with Crippen molar-refractivity contribution in [3.05, 3.63) is 29.6 Å². The number of rotatable bonds is 4. The first-order valence-corrected chi connectivity index (χ1v) is 7.40. The van der Waals surface area contributed by atoms with Crippen molar-refractivity contribution >= 4 is 17.6 Å². The number of amides is 1. The average Bonchev–Trinajstić information content (AvgIpc) is 2.47. The van der Waals surface area contributed by atoms with Gasteiger partial charge in [-0.1, -0.05) is 19.3 Å². The minimum absolute atomic E-state index is 0.0847. The minimum Gasteiger partial charge on any atom is -0.469 e. The Hall–Kier alpha value is -2.11. The van der Waals surface area contributed by atoms with E-state index in [0.29, 0.717) is 0 Å². The Bertz CT molecular complexity index is 569. The standard InChI is InChI=1S/C16H21FN2O3/c1-22-14(20)10-16(7-3-2-4-8-16)19-15(21)12-6-5-11(17)9-13(12)18/h5-6,9H,2-4,7-8,10,18H2,1H3,(H,19,21). The molecule has 0 spiro atoms. The van der Waals surface area contributed by atoms with Crippen LogP contribution in [-0.4, -0.2) is 24.5 Å². The fourth-order valence-electron chi connectivity index (χ4n) is 2.97. The summed E-state index contributed by atoms with van der Waals surface area (Å²) in [6, 6.07) is 3.66. The summed E-state index contributed by atoms with van der Waals surface area (Å²) in [6.07, 6.45) is 4.53. The van der Waals surface area contributed by atoms with Gasteiger partial charge in [-0.25, -0.2) is 4.39 Å². The van der Waals surface area contributed by atoms with E-state index < -0.39 is 11.4 Å². The van der Waals surface area contributed by atoms with Gasteiger partial charge in [0.25, 0.3) is 5.91 Å². The van der Waals surface area contributed by atoms with Crippen LogP contribution in [0.15, 0.2) is 18.2 Å². The first-order chi connectivity index (χ1) is 10.5. The summed E-state index contributed by atoms with van der Waals surface area (Å²) in [5, 5.41) is 2.93. The summed E-state index contributed by atoms with van der Waals surface area (Å²) >= 11 is 0. The maximum absolute atomic E-state index is 13.1. The molecule has 120 valence electrons. The molecule has 0 unspecified atom stereocenters. The van der Waals surface area contributed by atoms with E-state index in [1.165, 1.54) is 19.2 Å². The second kappa shape index (κ2) is 6.77. The predicted molar refractivity (Wildman–Crippen MR) is 80.7 cm³/mol. The second-order valence-corrected chi connectivity index (χ2v) is 5.78. The van der Waals surface area contributed by atoms with Gasteiger partial charge in [0.1, 0.15) is 5.82 Å². The van der Waals surface area contributed by atoms with Crippen molar-refractivity contribution in [1.82, 2.24) is 5.32 Å². The third kappa shape index (κ3) is 3.75. The third-order valence-corrected chi connectivity index (χ3v) is 4.16. The van der Waals surface area contributed by atoms with E-state index in [1.54, 1.807) is 0 Å². The molecule has 1 saturated carbocycles. The Morgan fingerprint density at radius 2 is 2.00 bits per heavy atom. The average molecular weight is 308 g/mol. The third-order valence-electron chi connectivity index (χ3n) is 4.16. The number of esters is 1. The summed E-state index contributed by atoms with van der Waals surface area (Å²) < 4.78 is 17.8. The van der Waals surface area contributed by atoms with Crippen molar-refractivity contribution < 1.29 is 18.7 Å². The maximum atomic E-state index is 13.1. The quantitative estimate of drug-likeness (QED) is 0.661. The lowest BCUT2D eigenvalue weighted by atomic mass is 9.79. The van der Waals surface area contributed by atoms with Crippen molar-refractivity contribution in [2.75, 3.05) is 12.8 Å². The van der Waals surface area contributed by atoms with Crippen molar-refractivity contribution in [3.63, 3.8) is 0 Å². The van der Waals surface area contributed by atoms with Gasteiger partial charge in [0.2, 0.25) is 0 Å². The molecule has 1 fully saturated rings. The van der Waals surface area contributed by atoms with Crippen molar-refractivity contribution in [1.29, 1.82) is 0 Å². The molecule has 1 aliphatic rings. The number of nitrogens with two attached hydrogens (primary N) is 1. The molecule has 3 N–H and O–H groups in total. The van der Waals surface area contributed by atoms with E-state index in [-0.39, 0.29) is 29.5 Å². The van der Waals surface area contributed by atoms with E-state index in [1.807, 2.05) is 0 Å². The Kier molecular flexibility index (Phi) is 5.00. The van der Waals surface area contributed by atoms with Gasteiger partial charge < -0.3 is 15.8 Å². The van der Waals surface area contributed by atoms with Crippen LogP contribution in [0.3, 0.4) is 0 Å². The fourth-order valence-corrected chi connectivity index (χ4v) is 2.97. The van der Waals surface area contributed by atoms with Gasteiger partial charge in [-0.05, 0) is 31.0 Å². The lowest BCUT2D eigenvalue weighted by molar-refractivity contribution is -0.142. The number of benzene rings is 1. The lowest BCUT2D eigenvalue weighted by Gasteiger charge is -2.37. The number of halogens is 1. The zero-order chi connectivity index (χ0) is 16.2. The van der Waals surface area contributed by atoms with Crippen molar-refractivity contribution in [3.8, 4) is 0 Å². The molecule has 0 radical (unpaired) electrons. The van der Waals surface area contributed by atoms with Crippen LogP contribution in [0.2, 0.25) is 0 Å². The zero-order valence-corrected chi connectivity index (χ0v) is 12.7. The van der Waals surface area contributed by atoms with Crippen LogP contribution < -0.4 is 11.1 Å². The number of carbonyl (C=O) groups excluding carboxylic acids is 2. The smallest absolute Gasteiger partial charge is 0.307 e. The van der Waals surface area contributed by atoms with Gasteiger partial charge in [0.05, 0.1) is 24.6 Å². The maximum Gasteiger partial charge on any atom is 0.307 e. The van der Waals surface area contributed by atoms with E-state index >= 15 is 0 Å². The summed E-state index contributed by atoms with van der Waals surface area (Å²) in [6.45, 7) is 0. The molecule has 1 aromatic rings. The van der Waals surface area contributed by atoms with E-state index in [4.69, 9.17) is 10.5 Å². The van der Waals surface area contributed by atoms with E-state index in [0.717, 1.165) is 38.2 Å². The van der Waals surface area contributed by atoms with Gasteiger partial charge in [0.15, 0.2) is 0 Å². The van der Waals surface area contributed by atoms with Crippen LogP contribution in [0.4, 0.5) is 10.1 Å². The number of nitrogen functional groups attached to an aromatic ring is 1. The molecule has 6 heteroatoms. The molecule has 22 heavy (non-hydrogen) atoms. The zero-order valence-electron chi connectivity index (χ0n) is 12.7. The number of ether oxygens (including phenoxy) is 1. The first-order valence-electron chi connectivity index (χ1n) is 7.40. The number of methoxy groups -OCH3 is 1. The van der Waals surface area contributed by atoms with Gasteiger partial charge in [-0.3, -0.25) is 9.59 Å². The predicted octanol–water partition coefficient (Wildman–Crippen LogP) is 2.40. The van der Waals surface area contributed by atoms with Gasteiger partial charge in [-0.2, -0.15) is 0 Å². The molecular formula is C16H21FN2O3. The Morgan fingerprint density at radius 3 is 2.59 bits per heavy atom. The van der Waals surface area contributed by atoms with Gasteiger partial charge in [-0.15, -0.1) is 0 Å². The summed E-state index contributed by atoms with van der Waals surface area (Å²) in [4.78, 5) is 24.1. The molecule has 1 aromatic carbocycles. The van der Waals surface area contributed by atoms with Crippen LogP contribution in [0, 0.1) is 5.82 Å². The Morgan fingerprint density at radius 1 is 1.32 bits per heavy atom. The number of hydrogen-bond acceptors (Lipinski definition) is 4. The molecule has 1 aliphatic carbocycles. The van der Waals surface area contributed by atoms with Crippen LogP contribution in [0.5, 0.6) is 0 Å². The highest BCUT2D eigenvalue weighted by molar-refractivity contribution is 5.99. The molecule has 1 amide bonds. The molecule has 5 nitrogen and oxygen atoms in total. The monoisotopic (exact) mass is 308 g/mol.